The molecule has 0 N–H and O–H groups in total. The molecular weight excluding hydrogens is 299 g/mol. The van der Waals surface area contributed by atoms with E-state index in [1.165, 1.54) is 22.4 Å². The second-order valence-corrected chi connectivity index (χ2v) is 6.79. The third kappa shape index (κ3) is 3.27. The molecule has 2 aliphatic heterocycles. The predicted molar refractivity (Wildman–Crippen MR) is 96.7 cm³/mol. The lowest BCUT2D eigenvalue weighted by atomic mass is 9.86. The van der Waals surface area contributed by atoms with Crippen LogP contribution in [0.25, 0.3) is 0 Å². The highest BCUT2D eigenvalue weighted by atomic mass is 19.1. The Morgan fingerprint density at radius 2 is 1.83 bits per heavy atom. The smallest absolute Gasteiger partial charge is 0.123 e. The molecule has 4 rings (SSSR count). The first kappa shape index (κ1) is 15.5. The Balaban J connectivity index is 1.34. The Kier molecular flexibility index (Phi) is 4.44. The van der Waals surface area contributed by atoms with Crippen LogP contribution in [0.5, 0.6) is 0 Å². The van der Waals surface area contributed by atoms with E-state index in [0.717, 1.165) is 51.7 Å². The molecule has 2 heterocycles. The molecule has 1 saturated heterocycles. The molecule has 1 fully saturated rings. The Morgan fingerprint density at radius 1 is 1.04 bits per heavy atom. The third-order valence-electron chi connectivity index (χ3n) is 5.29. The zero-order valence-electron chi connectivity index (χ0n) is 14.0. The predicted octanol–water partition coefficient (Wildman–Crippen LogP) is 4.45. The number of halogens is 1. The minimum Gasteiger partial charge on any atom is -0.302 e. The number of hydrogen-bond donors (Lipinski definition) is 0. The SMILES string of the molecule is Fc1ccc(CCN2CCC(=C3CCC=C4C=CN=C43)CC2)cc1. The van der Waals surface area contributed by atoms with Gasteiger partial charge in [-0.2, -0.15) is 0 Å². The van der Waals surface area contributed by atoms with E-state index in [1.54, 1.807) is 17.7 Å². The Morgan fingerprint density at radius 3 is 2.62 bits per heavy atom. The van der Waals surface area contributed by atoms with Crippen molar-refractivity contribution in [1.29, 1.82) is 0 Å². The summed E-state index contributed by atoms with van der Waals surface area (Å²) in [4.78, 5) is 7.11. The summed E-state index contributed by atoms with van der Waals surface area (Å²) in [5.41, 5.74) is 6.89. The Bertz CT molecular complexity index is 728. The van der Waals surface area contributed by atoms with E-state index in [1.807, 2.05) is 18.3 Å². The molecule has 1 aliphatic carbocycles. The fourth-order valence-corrected chi connectivity index (χ4v) is 3.88. The summed E-state index contributed by atoms with van der Waals surface area (Å²) in [6.45, 7) is 3.31. The number of likely N-dealkylation sites (tertiary alicyclic amines) is 1. The van der Waals surface area contributed by atoms with Gasteiger partial charge in [0, 0.05) is 25.8 Å². The van der Waals surface area contributed by atoms with Gasteiger partial charge in [-0.15, -0.1) is 0 Å². The minimum absolute atomic E-state index is 0.154. The molecule has 0 unspecified atom stereocenters. The number of fused-ring (bicyclic) bond motifs is 1. The van der Waals surface area contributed by atoms with Gasteiger partial charge in [-0.25, -0.2) is 4.39 Å². The molecule has 0 radical (unpaired) electrons. The van der Waals surface area contributed by atoms with E-state index >= 15 is 0 Å². The molecular formula is C21H23FN2. The largest absolute Gasteiger partial charge is 0.302 e. The van der Waals surface area contributed by atoms with E-state index < -0.39 is 0 Å². The van der Waals surface area contributed by atoms with Crippen molar-refractivity contribution >= 4 is 5.71 Å². The lowest BCUT2D eigenvalue weighted by Gasteiger charge is -2.30. The quantitative estimate of drug-likeness (QED) is 0.803. The zero-order chi connectivity index (χ0) is 16.4. The molecule has 1 aromatic carbocycles. The molecule has 0 spiro atoms. The number of benzene rings is 1. The monoisotopic (exact) mass is 322 g/mol. The van der Waals surface area contributed by atoms with Gasteiger partial charge >= 0.3 is 0 Å². The zero-order valence-corrected chi connectivity index (χ0v) is 14.0. The summed E-state index contributed by atoms with van der Waals surface area (Å²) in [6.07, 6.45) is 12.0. The first-order valence-electron chi connectivity index (χ1n) is 8.92. The van der Waals surface area contributed by atoms with Crippen LogP contribution in [0.15, 0.2) is 64.3 Å². The highest BCUT2D eigenvalue weighted by Crippen LogP contribution is 2.31. The van der Waals surface area contributed by atoms with Gasteiger partial charge in [0.25, 0.3) is 0 Å². The van der Waals surface area contributed by atoms with Gasteiger partial charge in [-0.05, 0) is 67.0 Å². The van der Waals surface area contributed by atoms with Crippen LogP contribution < -0.4 is 0 Å². The molecule has 0 bridgehead atoms. The first-order valence-corrected chi connectivity index (χ1v) is 8.92. The lowest BCUT2D eigenvalue weighted by molar-refractivity contribution is 0.259. The molecule has 24 heavy (non-hydrogen) atoms. The van der Waals surface area contributed by atoms with Crippen LogP contribution in [0.3, 0.4) is 0 Å². The van der Waals surface area contributed by atoms with E-state index in [2.05, 4.69) is 22.0 Å². The summed E-state index contributed by atoms with van der Waals surface area (Å²) < 4.78 is 13.0. The van der Waals surface area contributed by atoms with Crippen molar-refractivity contribution < 1.29 is 4.39 Å². The van der Waals surface area contributed by atoms with E-state index in [9.17, 15) is 4.39 Å². The fraction of sp³-hybridized carbons (Fsp3) is 0.381. The van der Waals surface area contributed by atoms with Crippen molar-refractivity contribution in [3.63, 3.8) is 0 Å². The average Bonchev–Trinajstić information content (AvgIpc) is 3.10. The average molecular weight is 322 g/mol. The van der Waals surface area contributed by atoms with Gasteiger partial charge in [0.1, 0.15) is 5.82 Å². The number of nitrogens with zero attached hydrogens (tertiary/aromatic N) is 2. The summed E-state index contributed by atoms with van der Waals surface area (Å²) in [5.74, 6) is -0.154. The van der Waals surface area contributed by atoms with Gasteiger partial charge in [0.05, 0.1) is 5.71 Å². The van der Waals surface area contributed by atoms with Gasteiger partial charge in [-0.3, -0.25) is 4.99 Å². The standard InChI is InChI=1S/C21H23FN2/c22-19-6-4-16(5-7-19)9-13-24-14-10-17(11-15-24)20-3-1-2-18-8-12-23-21(18)20/h2,4-8,12H,1,3,9-11,13-15H2. The van der Waals surface area contributed by atoms with Gasteiger partial charge in [-0.1, -0.05) is 23.8 Å². The van der Waals surface area contributed by atoms with Gasteiger partial charge in [0.15, 0.2) is 0 Å². The molecule has 3 heteroatoms. The van der Waals surface area contributed by atoms with Crippen LogP contribution in [0, 0.1) is 5.82 Å². The lowest BCUT2D eigenvalue weighted by Crippen LogP contribution is -2.33. The Hall–Kier alpha value is -2.00. The van der Waals surface area contributed by atoms with Crippen LogP contribution in [0.4, 0.5) is 4.39 Å². The number of allylic oxidation sites excluding steroid dienone is 4. The van der Waals surface area contributed by atoms with Crippen molar-refractivity contribution in [3.05, 3.63) is 70.7 Å². The van der Waals surface area contributed by atoms with E-state index in [-0.39, 0.29) is 5.82 Å². The van der Waals surface area contributed by atoms with Crippen LogP contribution in [0.2, 0.25) is 0 Å². The summed E-state index contributed by atoms with van der Waals surface area (Å²) in [7, 11) is 0. The fourth-order valence-electron chi connectivity index (χ4n) is 3.88. The molecule has 0 atom stereocenters. The van der Waals surface area contributed by atoms with E-state index in [0.29, 0.717) is 0 Å². The van der Waals surface area contributed by atoms with Crippen molar-refractivity contribution in [3.8, 4) is 0 Å². The van der Waals surface area contributed by atoms with Gasteiger partial charge < -0.3 is 4.90 Å². The van der Waals surface area contributed by atoms with Crippen LogP contribution in [-0.4, -0.2) is 30.2 Å². The maximum absolute atomic E-state index is 13.0. The molecule has 0 saturated carbocycles. The number of aliphatic imine (C=N–C) groups is 1. The van der Waals surface area contributed by atoms with E-state index in [4.69, 9.17) is 0 Å². The highest BCUT2D eigenvalue weighted by molar-refractivity contribution is 6.16. The number of piperidine rings is 1. The molecule has 0 amide bonds. The molecule has 3 aliphatic rings. The van der Waals surface area contributed by atoms with Crippen LogP contribution in [-0.2, 0) is 6.42 Å². The minimum atomic E-state index is -0.154. The van der Waals surface area contributed by atoms with Crippen LogP contribution in [0.1, 0.15) is 31.2 Å². The maximum atomic E-state index is 13.0. The first-order chi connectivity index (χ1) is 11.8. The maximum Gasteiger partial charge on any atom is 0.123 e. The second-order valence-electron chi connectivity index (χ2n) is 6.79. The molecule has 1 aromatic rings. The van der Waals surface area contributed by atoms with Gasteiger partial charge in [0.2, 0.25) is 0 Å². The summed E-state index contributed by atoms with van der Waals surface area (Å²) in [5, 5.41) is 0. The normalized spacial score (nSPS) is 20.9. The Labute approximate surface area is 143 Å². The topological polar surface area (TPSA) is 15.6 Å². The highest BCUT2D eigenvalue weighted by Gasteiger charge is 2.23. The summed E-state index contributed by atoms with van der Waals surface area (Å²) in [6, 6.07) is 6.90. The molecule has 124 valence electrons. The number of rotatable bonds is 3. The number of hydrogen-bond acceptors (Lipinski definition) is 2. The molecule has 0 aromatic heterocycles. The molecule has 2 nitrogen and oxygen atoms in total. The third-order valence-corrected chi connectivity index (χ3v) is 5.29. The van der Waals surface area contributed by atoms with Crippen molar-refractivity contribution in [2.45, 2.75) is 32.1 Å². The van der Waals surface area contributed by atoms with Crippen molar-refractivity contribution in [2.75, 3.05) is 19.6 Å². The summed E-state index contributed by atoms with van der Waals surface area (Å²) >= 11 is 0. The van der Waals surface area contributed by atoms with Crippen LogP contribution >= 0.6 is 0 Å². The second kappa shape index (κ2) is 6.86. The van der Waals surface area contributed by atoms with Crippen molar-refractivity contribution in [1.82, 2.24) is 4.90 Å². The van der Waals surface area contributed by atoms with Crippen molar-refractivity contribution in [2.24, 2.45) is 4.99 Å².